The third-order valence-electron chi connectivity index (χ3n) is 4.33. The summed E-state index contributed by atoms with van der Waals surface area (Å²) in [6.07, 6.45) is 0.892. The van der Waals surface area contributed by atoms with E-state index in [1.807, 2.05) is 18.2 Å². The zero-order valence-electron chi connectivity index (χ0n) is 9.43. The lowest BCUT2D eigenvalue weighted by Gasteiger charge is -2.27. The first kappa shape index (κ1) is 9.63. The van der Waals surface area contributed by atoms with Crippen LogP contribution in [0.25, 0.3) is 10.8 Å². The molecular weight excluding hydrogens is 212 g/mol. The maximum atomic E-state index is 10.4. The van der Waals surface area contributed by atoms with Gasteiger partial charge in [0.1, 0.15) is 0 Å². The number of aliphatic hydroxyl groups is 2. The zero-order chi connectivity index (χ0) is 11.6. The van der Waals surface area contributed by atoms with Gasteiger partial charge in [-0.1, -0.05) is 30.3 Å². The van der Waals surface area contributed by atoms with Crippen molar-refractivity contribution in [2.45, 2.75) is 31.0 Å². The second-order valence-corrected chi connectivity index (χ2v) is 5.16. The lowest BCUT2D eigenvalue weighted by Crippen LogP contribution is -2.15. The molecule has 2 aromatic rings. The quantitative estimate of drug-likeness (QED) is 0.725. The fourth-order valence-electron chi connectivity index (χ4n) is 3.56. The fourth-order valence-corrected chi connectivity index (χ4v) is 3.56. The smallest absolute Gasteiger partial charge is 0.0864 e. The summed E-state index contributed by atoms with van der Waals surface area (Å²) in [6, 6.07) is 10.2. The molecule has 3 unspecified atom stereocenters. The van der Waals surface area contributed by atoms with Crippen molar-refractivity contribution in [3.8, 4) is 0 Å². The van der Waals surface area contributed by atoms with Gasteiger partial charge < -0.3 is 10.2 Å². The highest BCUT2D eigenvalue weighted by molar-refractivity contribution is 5.93. The summed E-state index contributed by atoms with van der Waals surface area (Å²) >= 11 is 0. The van der Waals surface area contributed by atoms with Crippen molar-refractivity contribution in [2.75, 3.05) is 0 Å². The monoisotopic (exact) mass is 226 g/mol. The van der Waals surface area contributed by atoms with Crippen molar-refractivity contribution >= 4 is 10.8 Å². The topological polar surface area (TPSA) is 40.5 Å². The number of rotatable bonds is 0. The molecular formula is C15H14O2. The van der Waals surface area contributed by atoms with Gasteiger partial charge in [-0.2, -0.15) is 0 Å². The molecule has 4 rings (SSSR count). The Bertz CT molecular complexity index is 618. The Morgan fingerprint density at radius 3 is 2.71 bits per heavy atom. The van der Waals surface area contributed by atoms with E-state index in [-0.39, 0.29) is 18.1 Å². The van der Waals surface area contributed by atoms with Crippen molar-refractivity contribution < 1.29 is 10.2 Å². The molecule has 0 bridgehead atoms. The molecule has 3 atom stereocenters. The van der Waals surface area contributed by atoms with Gasteiger partial charge in [0.15, 0.2) is 0 Å². The van der Waals surface area contributed by atoms with Crippen molar-refractivity contribution in [3.63, 3.8) is 0 Å². The fraction of sp³-hybridized carbons (Fsp3) is 0.333. The second-order valence-electron chi connectivity index (χ2n) is 5.16. The van der Waals surface area contributed by atoms with Crippen molar-refractivity contribution in [3.05, 3.63) is 47.0 Å². The first-order valence-electron chi connectivity index (χ1n) is 6.19. The number of hydrogen-bond donors (Lipinski definition) is 2. The van der Waals surface area contributed by atoms with Gasteiger partial charge in [0.25, 0.3) is 0 Å². The molecule has 0 saturated carbocycles. The predicted octanol–water partition coefficient (Wildman–Crippen LogP) is 2.80. The summed E-state index contributed by atoms with van der Waals surface area (Å²) in [5.74, 6) is 0.189. The van der Waals surface area contributed by atoms with Crippen LogP contribution in [0.1, 0.15) is 47.7 Å². The molecule has 0 heterocycles. The Morgan fingerprint density at radius 2 is 1.82 bits per heavy atom. The predicted molar refractivity (Wildman–Crippen MR) is 65.8 cm³/mol. The molecule has 0 saturated heterocycles. The summed E-state index contributed by atoms with van der Waals surface area (Å²) in [5, 5.41) is 22.8. The molecule has 0 spiro atoms. The van der Waals surface area contributed by atoms with Gasteiger partial charge in [-0.3, -0.25) is 0 Å². The molecule has 2 aromatic carbocycles. The maximum absolute atomic E-state index is 10.4. The third kappa shape index (κ3) is 1.07. The van der Waals surface area contributed by atoms with Gasteiger partial charge in [0, 0.05) is 5.92 Å². The average molecular weight is 226 g/mol. The highest BCUT2D eigenvalue weighted by atomic mass is 16.3. The molecule has 2 aliphatic rings. The zero-order valence-corrected chi connectivity index (χ0v) is 9.43. The lowest BCUT2D eigenvalue weighted by molar-refractivity contribution is 0.108. The van der Waals surface area contributed by atoms with Gasteiger partial charge >= 0.3 is 0 Å². The standard InChI is InChI=1S/C15H14O2/c16-12-7-6-11-14-9(12)5-4-8-2-1-3-10(13(8)14)15(11)17/h1-5,11-12,15-17H,6-7H2. The van der Waals surface area contributed by atoms with Crippen LogP contribution in [0.4, 0.5) is 0 Å². The lowest BCUT2D eigenvalue weighted by atomic mass is 9.81. The molecule has 2 nitrogen and oxygen atoms in total. The number of benzene rings is 2. The minimum atomic E-state index is -0.387. The van der Waals surface area contributed by atoms with Gasteiger partial charge in [0.2, 0.25) is 0 Å². The highest BCUT2D eigenvalue weighted by Gasteiger charge is 2.38. The molecule has 0 aromatic heterocycles. The first-order chi connectivity index (χ1) is 8.27. The van der Waals surface area contributed by atoms with Crippen LogP contribution in [0.2, 0.25) is 0 Å². The number of aliphatic hydroxyl groups excluding tert-OH is 2. The minimum absolute atomic E-state index is 0.189. The van der Waals surface area contributed by atoms with Gasteiger partial charge in [-0.25, -0.2) is 0 Å². The largest absolute Gasteiger partial charge is 0.388 e. The van der Waals surface area contributed by atoms with Crippen LogP contribution in [0.5, 0.6) is 0 Å². The number of hydrogen-bond acceptors (Lipinski definition) is 2. The van der Waals surface area contributed by atoms with Crippen LogP contribution in [-0.2, 0) is 0 Å². The van der Waals surface area contributed by atoms with E-state index >= 15 is 0 Å². The molecule has 0 amide bonds. The van der Waals surface area contributed by atoms with Crippen LogP contribution in [0.15, 0.2) is 30.3 Å². The summed E-state index contributed by atoms with van der Waals surface area (Å²) in [6.45, 7) is 0. The summed E-state index contributed by atoms with van der Waals surface area (Å²) in [7, 11) is 0. The van der Waals surface area contributed by atoms with Crippen LogP contribution in [0.3, 0.4) is 0 Å². The van der Waals surface area contributed by atoms with Crippen molar-refractivity contribution in [1.82, 2.24) is 0 Å². The van der Waals surface area contributed by atoms with Gasteiger partial charge in [-0.15, -0.1) is 0 Å². The van der Waals surface area contributed by atoms with Gasteiger partial charge in [-0.05, 0) is 40.3 Å². The molecule has 17 heavy (non-hydrogen) atoms. The molecule has 2 heteroatoms. The molecule has 0 fully saturated rings. The van der Waals surface area contributed by atoms with Crippen molar-refractivity contribution in [1.29, 1.82) is 0 Å². The molecule has 86 valence electrons. The van der Waals surface area contributed by atoms with E-state index < -0.39 is 0 Å². The normalized spacial score (nSPS) is 29.9. The van der Waals surface area contributed by atoms with E-state index in [4.69, 9.17) is 0 Å². The summed E-state index contributed by atoms with van der Waals surface area (Å²) in [5.41, 5.74) is 3.26. The molecule has 0 radical (unpaired) electrons. The van der Waals surface area contributed by atoms with Crippen LogP contribution < -0.4 is 0 Å². The van der Waals surface area contributed by atoms with E-state index in [1.165, 1.54) is 16.3 Å². The Kier molecular flexibility index (Phi) is 1.75. The third-order valence-corrected chi connectivity index (χ3v) is 4.33. The second kappa shape index (κ2) is 3.09. The van der Waals surface area contributed by atoms with E-state index in [0.717, 1.165) is 24.0 Å². The van der Waals surface area contributed by atoms with Crippen LogP contribution in [-0.4, -0.2) is 10.2 Å². The highest BCUT2D eigenvalue weighted by Crippen LogP contribution is 2.53. The molecule has 0 aliphatic heterocycles. The maximum Gasteiger partial charge on any atom is 0.0864 e. The van der Waals surface area contributed by atoms with E-state index in [1.54, 1.807) is 0 Å². The first-order valence-corrected chi connectivity index (χ1v) is 6.19. The molecule has 2 aliphatic carbocycles. The summed E-state index contributed by atoms with van der Waals surface area (Å²) < 4.78 is 0. The van der Waals surface area contributed by atoms with Crippen LogP contribution >= 0.6 is 0 Å². The average Bonchev–Trinajstić information content (AvgIpc) is 2.65. The Balaban J connectivity index is 2.17. The van der Waals surface area contributed by atoms with E-state index in [9.17, 15) is 10.2 Å². The summed E-state index contributed by atoms with van der Waals surface area (Å²) in [4.78, 5) is 0. The Hall–Kier alpha value is -1.38. The van der Waals surface area contributed by atoms with E-state index in [2.05, 4.69) is 12.1 Å². The van der Waals surface area contributed by atoms with Crippen molar-refractivity contribution in [2.24, 2.45) is 0 Å². The van der Waals surface area contributed by atoms with Gasteiger partial charge in [0.05, 0.1) is 12.2 Å². The SMILES string of the molecule is OC1CCC2c3c1ccc1cccc(c31)C2O. The minimum Gasteiger partial charge on any atom is -0.388 e. The Morgan fingerprint density at radius 1 is 0.941 bits per heavy atom. The van der Waals surface area contributed by atoms with Crippen LogP contribution in [0, 0.1) is 0 Å². The Labute approximate surface area is 99.5 Å². The molecule has 2 N–H and O–H groups in total. The van der Waals surface area contributed by atoms with E-state index in [0.29, 0.717) is 0 Å².